The van der Waals surface area contributed by atoms with E-state index in [-0.39, 0.29) is 28.7 Å². The van der Waals surface area contributed by atoms with Crippen LogP contribution in [0, 0.1) is 10.8 Å². The molecule has 1 aliphatic carbocycles. The molecule has 0 aromatic rings. The van der Waals surface area contributed by atoms with Gasteiger partial charge in [0.15, 0.2) is 0 Å². The molecule has 2 unspecified atom stereocenters. The van der Waals surface area contributed by atoms with Gasteiger partial charge in [0.1, 0.15) is 0 Å². The maximum Gasteiger partial charge on any atom is 0.219 e. The Morgan fingerprint density at radius 3 is 2.37 bits per heavy atom. The van der Waals surface area contributed by atoms with E-state index in [0.29, 0.717) is 13.0 Å². The Morgan fingerprint density at radius 2 is 1.84 bits per heavy atom. The lowest BCUT2D eigenvalue weighted by Crippen LogP contribution is -2.50. The summed E-state index contributed by atoms with van der Waals surface area (Å²) in [7, 11) is 0. The van der Waals surface area contributed by atoms with Crippen LogP contribution in [-0.2, 0) is 9.59 Å². The molecule has 0 spiro atoms. The van der Waals surface area contributed by atoms with Gasteiger partial charge in [-0.15, -0.1) is 0 Å². The van der Waals surface area contributed by atoms with Gasteiger partial charge in [-0.3, -0.25) is 9.59 Å². The molecule has 4 nitrogen and oxygen atoms in total. The van der Waals surface area contributed by atoms with Crippen molar-refractivity contribution in [2.24, 2.45) is 10.8 Å². The molecule has 0 bridgehead atoms. The summed E-state index contributed by atoms with van der Waals surface area (Å²) in [6.07, 6.45) is 3.53. The monoisotopic (exact) mass is 268 g/mol. The molecule has 1 fully saturated rings. The Labute approximate surface area is 116 Å². The van der Waals surface area contributed by atoms with Crippen molar-refractivity contribution < 1.29 is 9.59 Å². The highest BCUT2D eigenvalue weighted by molar-refractivity contribution is 5.75. The number of hydrogen-bond acceptors (Lipinski definition) is 2. The van der Waals surface area contributed by atoms with E-state index in [1.807, 2.05) is 6.92 Å². The van der Waals surface area contributed by atoms with E-state index in [1.165, 1.54) is 0 Å². The molecule has 4 heteroatoms. The summed E-state index contributed by atoms with van der Waals surface area (Å²) >= 11 is 0. The molecule has 0 aliphatic heterocycles. The average molecular weight is 268 g/mol. The van der Waals surface area contributed by atoms with Crippen molar-refractivity contribution >= 4 is 11.8 Å². The van der Waals surface area contributed by atoms with E-state index in [1.54, 1.807) is 6.92 Å². The fourth-order valence-electron chi connectivity index (χ4n) is 3.59. The number of amides is 2. The molecular weight excluding hydrogens is 240 g/mol. The van der Waals surface area contributed by atoms with Crippen molar-refractivity contribution in [3.8, 4) is 0 Å². The second kappa shape index (κ2) is 5.93. The highest BCUT2D eigenvalue weighted by Gasteiger charge is 2.41. The van der Waals surface area contributed by atoms with Gasteiger partial charge in [0.25, 0.3) is 0 Å². The summed E-state index contributed by atoms with van der Waals surface area (Å²) in [6.45, 7) is 10.8. The molecule has 0 radical (unpaired) electrons. The summed E-state index contributed by atoms with van der Waals surface area (Å²) in [5, 5.41) is 6.05. The summed E-state index contributed by atoms with van der Waals surface area (Å²) in [5.74, 6) is 0.128. The minimum Gasteiger partial charge on any atom is -0.356 e. The van der Waals surface area contributed by atoms with Gasteiger partial charge in [-0.25, -0.2) is 0 Å². The lowest BCUT2D eigenvalue weighted by atomic mass is 9.62. The summed E-state index contributed by atoms with van der Waals surface area (Å²) in [4.78, 5) is 22.7. The Kier molecular flexibility index (Phi) is 4.99. The first kappa shape index (κ1) is 16.0. The molecule has 2 amide bonds. The smallest absolute Gasteiger partial charge is 0.219 e. The van der Waals surface area contributed by atoms with E-state index in [2.05, 4.69) is 31.4 Å². The third kappa shape index (κ3) is 5.21. The van der Waals surface area contributed by atoms with Crippen LogP contribution in [0.4, 0.5) is 0 Å². The normalized spacial score (nSPS) is 29.6. The molecule has 0 saturated heterocycles. The number of nitrogens with one attached hydrogen (secondary N) is 2. The van der Waals surface area contributed by atoms with Crippen LogP contribution in [0.2, 0.25) is 0 Å². The van der Waals surface area contributed by atoms with Gasteiger partial charge in [-0.1, -0.05) is 27.7 Å². The minimum absolute atomic E-state index is 0.0302. The number of rotatable bonds is 4. The third-order valence-electron chi connectivity index (χ3n) is 3.88. The zero-order valence-corrected chi connectivity index (χ0v) is 12.9. The first-order chi connectivity index (χ1) is 8.66. The number of hydrogen-bond donors (Lipinski definition) is 2. The van der Waals surface area contributed by atoms with Crippen LogP contribution in [0.1, 0.15) is 60.3 Å². The zero-order valence-electron chi connectivity index (χ0n) is 12.9. The molecule has 2 N–H and O–H groups in total. The second-order valence-electron chi connectivity index (χ2n) is 7.09. The van der Waals surface area contributed by atoms with Crippen molar-refractivity contribution in [3.05, 3.63) is 0 Å². The van der Waals surface area contributed by atoms with Crippen molar-refractivity contribution in [2.45, 2.75) is 66.3 Å². The lowest BCUT2D eigenvalue weighted by Gasteiger charge is -2.46. The van der Waals surface area contributed by atoms with Crippen LogP contribution in [0.5, 0.6) is 0 Å². The maximum absolute atomic E-state index is 11.4. The van der Waals surface area contributed by atoms with Gasteiger partial charge >= 0.3 is 0 Å². The Bertz CT molecular complexity index is 352. The Hall–Kier alpha value is -1.06. The minimum atomic E-state index is 0.0302. The summed E-state index contributed by atoms with van der Waals surface area (Å²) < 4.78 is 0. The molecule has 0 aromatic heterocycles. The molecule has 19 heavy (non-hydrogen) atoms. The maximum atomic E-state index is 11.4. The number of carbonyl (C=O) groups is 2. The molecule has 1 rings (SSSR count). The van der Waals surface area contributed by atoms with Crippen LogP contribution in [0.15, 0.2) is 0 Å². The molecule has 1 saturated carbocycles. The van der Waals surface area contributed by atoms with E-state index >= 15 is 0 Å². The molecule has 2 atom stereocenters. The fourth-order valence-corrected chi connectivity index (χ4v) is 3.59. The number of carbonyl (C=O) groups excluding carboxylic acids is 2. The van der Waals surface area contributed by atoms with Crippen molar-refractivity contribution in [3.63, 3.8) is 0 Å². The SMILES string of the molecule is CCC(=O)NCC1(C)CC(NC(C)=O)CC(C)(C)C1. The standard InChI is InChI=1S/C15H28N2O2/c1-6-13(19)16-10-15(5)8-12(17-11(2)18)7-14(3,4)9-15/h12H,6-10H2,1-5H3,(H,16,19)(H,17,18). The fraction of sp³-hybridized carbons (Fsp3) is 0.867. The topological polar surface area (TPSA) is 58.2 Å². The highest BCUT2D eigenvalue weighted by Crippen LogP contribution is 2.45. The quantitative estimate of drug-likeness (QED) is 0.821. The predicted octanol–water partition coefficient (Wildman–Crippen LogP) is 2.23. The highest BCUT2D eigenvalue weighted by atomic mass is 16.2. The molecule has 0 aromatic carbocycles. The van der Waals surface area contributed by atoms with Crippen LogP contribution >= 0.6 is 0 Å². The van der Waals surface area contributed by atoms with E-state index in [0.717, 1.165) is 19.3 Å². The van der Waals surface area contributed by atoms with E-state index in [4.69, 9.17) is 0 Å². The summed E-state index contributed by atoms with van der Waals surface area (Å²) in [6, 6.07) is 0.213. The van der Waals surface area contributed by atoms with Crippen molar-refractivity contribution in [2.75, 3.05) is 6.54 Å². The van der Waals surface area contributed by atoms with E-state index in [9.17, 15) is 9.59 Å². The van der Waals surface area contributed by atoms with Gasteiger partial charge in [0.2, 0.25) is 11.8 Å². The third-order valence-corrected chi connectivity index (χ3v) is 3.88. The summed E-state index contributed by atoms with van der Waals surface area (Å²) in [5.41, 5.74) is 0.247. The molecular formula is C15H28N2O2. The van der Waals surface area contributed by atoms with Gasteiger partial charge in [0, 0.05) is 25.9 Å². The first-order valence-electron chi connectivity index (χ1n) is 7.20. The lowest BCUT2D eigenvalue weighted by molar-refractivity contribution is -0.123. The molecule has 1 aliphatic rings. The first-order valence-corrected chi connectivity index (χ1v) is 7.20. The second-order valence-corrected chi connectivity index (χ2v) is 7.09. The predicted molar refractivity (Wildman–Crippen MR) is 76.6 cm³/mol. The van der Waals surface area contributed by atoms with Gasteiger partial charge < -0.3 is 10.6 Å². The van der Waals surface area contributed by atoms with Gasteiger partial charge in [0.05, 0.1) is 0 Å². The Balaban J connectivity index is 2.69. The van der Waals surface area contributed by atoms with Crippen molar-refractivity contribution in [1.82, 2.24) is 10.6 Å². The van der Waals surface area contributed by atoms with Crippen LogP contribution in [-0.4, -0.2) is 24.4 Å². The zero-order chi connectivity index (χ0) is 14.7. The van der Waals surface area contributed by atoms with Crippen LogP contribution < -0.4 is 10.6 Å². The average Bonchev–Trinajstić information content (AvgIpc) is 2.22. The van der Waals surface area contributed by atoms with Gasteiger partial charge in [-0.2, -0.15) is 0 Å². The van der Waals surface area contributed by atoms with Crippen molar-refractivity contribution in [1.29, 1.82) is 0 Å². The van der Waals surface area contributed by atoms with Crippen LogP contribution in [0.3, 0.4) is 0 Å². The van der Waals surface area contributed by atoms with E-state index < -0.39 is 0 Å². The van der Waals surface area contributed by atoms with Crippen LogP contribution in [0.25, 0.3) is 0 Å². The Morgan fingerprint density at radius 1 is 1.21 bits per heavy atom. The molecule has 0 heterocycles. The largest absolute Gasteiger partial charge is 0.356 e. The van der Waals surface area contributed by atoms with Gasteiger partial charge in [-0.05, 0) is 30.1 Å². The molecule has 110 valence electrons.